The third kappa shape index (κ3) is 59.6. The van der Waals surface area contributed by atoms with Gasteiger partial charge in [-0.3, -0.25) is 4.79 Å². The van der Waals surface area contributed by atoms with Gasteiger partial charge < -0.3 is 92.0 Å². The second kappa shape index (κ2) is 78.3. The highest BCUT2D eigenvalue weighted by molar-refractivity contribution is 5.81. The highest BCUT2D eigenvalue weighted by Gasteiger charge is 2.18. The summed E-state index contributed by atoms with van der Waals surface area (Å²) in [4.78, 5) is 63.8. The van der Waals surface area contributed by atoms with E-state index in [0.717, 1.165) is 150 Å². The summed E-state index contributed by atoms with van der Waals surface area (Å²) in [5, 5.41) is 52.9. The number of phenolic OH excluding ortho intramolecular Hbond substituents is 1. The molecule has 720 valence electrons. The molecule has 9 aromatic carbocycles. The maximum Gasteiger partial charge on any atom is 0.340 e. The van der Waals surface area contributed by atoms with Gasteiger partial charge in [-0.15, -0.1) is 0 Å². The number of carbonyl (C=O) groups excluding carboxylic acids is 6. The van der Waals surface area contributed by atoms with Gasteiger partial charge in [-0.25, -0.2) is 18.8 Å². The van der Waals surface area contributed by atoms with Gasteiger partial charge in [-0.05, 0) is 317 Å². The Morgan fingerprint density at radius 1 is 0.348 bits per heavy atom. The van der Waals surface area contributed by atoms with E-state index in [1.807, 2.05) is 243 Å². The molecule has 0 fully saturated rings. The molecule has 0 aliphatic carbocycles. The summed E-state index contributed by atoms with van der Waals surface area (Å²) in [6.07, 6.45) is 14.7. The van der Waals surface area contributed by atoms with Gasteiger partial charge in [0, 0.05) is 38.6 Å². The lowest BCUT2D eigenvalue weighted by atomic mass is 10.1. The number of esters is 4. The number of methoxy groups -OCH3 is 4. The zero-order valence-electron chi connectivity index (χ0n) is 79.2. The molecule has 5 N–H and O–H groups in total. The third-order valence-electron chi connectivity index (χ3n) is 18.5. The number of rotatable bonds is 47. The highest BCUT2D eigenvalue weighted by atomic mass is 19.1. The second-order valence-electron chi connectivity index (χ2n) is 28.6. The Labute approximate surface area is 781 Å². The number of aromatic hydroxyl groups is 1. The number of alkyl halides is 1. The van der Waals surface area contributed by atoms with E-state index >= 15 is 0 Å². The van der Waals surface area contributed by atoms with Crippen LogP contribution in [0.5, 0.6) is 51.7 Å². The van der Waals surface area contributed by atoms with Gasteiger partial charge >= 0.3 is 23.9 Å². The second-order valence-corrected chi connectivity index (χ2v) is 28.6. The van der Waals surface area contributed by atoms with Crippen LogP contribution in [0.25, 0.3) is 0 Å². The smallest absolute Gasteiger partial charge is 0.340 e. The number of nitrogens with zero attached hydrogens (tertiary/aromatic N) is 1. The average Bonchev–Trinajstić information content (AvgIpc) is 1.12. The molecule has 0 aromatic heterocycles. The zero-order valence-corrected chi connectivity index (χ0v) is 79.2. The van der Waals surface area contributed by atoms with E-state index in [-0.39, 0.29) is 37.3 Å². The first-order valence-corrected chi connectivity index (χ1v) is 45.0. The summed E-state index contributed by atoms with van der Waals surface area (Å²) in [5.74, 6) is 5.40. The first kappa shape index (κ1) is 117. The molecule has 0 saturated heterocycles. The predicted molar refractivity (Wildman–Crippen MR) is 515 cm³/mol. The number of carbonyl (C=O) groups is 6. The normalized spacial score (nSPS) is 10.7. The molecule has 132 heavy (non-hydrogen) atoms. The molecule has 0 heterocycles. The number of aldehydes is 2. The minimum absolute atomic E-state index is 0.147. The predicted octanol–water partition coefficient (Wildman–Crippen LogP) is 19.1. The van der Waals surface area contributed by atoms with Crippen molar-refractivity contribution in [3.05, 3.63) is 281 Å². The first-order valence-electron chi connectivity index (χ1n) is 45.0. The van der Waals surface area contributed by atoms with Crippen LogP contribution in [-0.4, -0.2) is 175 Å². The van der Waals surface area contributed by atoms with Gasteiger partial charge in [0.2, 0.25) is 0 Å². The molecule has 0 bridgehead atoms. The summed E-state index contributed by atoms with van der Waals surface area (Å²) in [6, 6.07) is 71.3. The Balaban J connectivity index is 0.000000746. The number of halogens is 1. The molecular weight excluding hydrogens is 1690 g/mol. The fourth-order valence-electron chi connectivity index (χ4n) is 11.6. The first-order chi connectivity index (χ1) is 64.0. The molecule has 0 spiro atoms. The topological polar surface area (TPSA) is 338 Å². The van der Waals surface area contributed by atoms with Crippen molar-refractivity contribution in [1.82, 2.24) is 0 Å². The van der Waals surface area contributed by atoms with Crippen molar-refractivity contribution in [1.29, 1.82) is 5.26 Å². The largest absolute Gasteiger partial charge is 0.508 e. The molecule has 3 unspecified atom stereocenters. The Morgan fingerprint density at radius 2 is 0.629 bits per heavy atom. The molecular formula is C107H142FNO23. The van der Waals surface area contributed by atoms with Crippen molar-refractivity contribution in [2.24, 2.45) is 0 Å². The number of nitriles is 1. The number of benzene rings is 9. The lowest BCUT2D eigenvalue weighted by molar-refractivity contribution is -0.150. The fourth-order valence-corrected chi connectivity index (χ4v) is 11.6. The van der Waals surface area contributed by atoms with Crippen LogP contribution in [0.4, 0.5) is 4.39 Å². The van der Waals surface area contributed by atoms with Gasteiger partial charge in [0.15, 0.2) is 12.3 Å². The van der Waals surface area contributed by atoms with Gasteiger partial charge in [0.25, 0.3) is 0 Å². The van der Waals surface area contributed by atoms with Crippen LogP contribution in [0.2, 0.25) is 0 Å². The lowest BCUT2D eigenvalue weighted by Crippen LogP contribution is -2.21. The van der Waals surface area contributed by atoms with Crippen molar-refractivity contribution in [3.63, 3.8) is 0 Å². The summed E-state index contributed by atoms with van der Waals surface area (Å²) in [6.45, 7) is 21.4. The molecule has 9 rings (SSSR count). The number of aliphatic hydroxyl groups is 4. The van der Waals surface area contributed by atoms with Crippen LogP contribution in [0.1, 0.15) is 170 Å². The lowest BCUT2D eigenvalue weighted by Gasteiger charge is -2.08. The van der Waals surface area contributed by atoms with Crippen molar-refractivity contribution < 1.29 is 116 Å². The number of unbranched alkanes of at least 4 members (excludes halogenated alkanes) is 1. The molecule has 3 atom stereocenters. The Kier molecular flexibility index (Phi) is 69.6. The molecule has 0 aliphatic rings. The van der Waals surface area contributed by atoms with E-state index in [9.17, 15) is 38.3 Å². The summed E-state index contributed by atoms with van der Waals surface area (Å²) in [5.41, 5.74) is 10.3. The fraction of sp³-hybridized carbons (Fsp3) is 0.411. The van der Waals surface area contributed by atoms with Gasteiger partial charge in [-0.1, -0.05) is 115 Å². The molecule has 0 amide bonds. The summed E-state index contributed by atoms with van der Waals surface area (Å²) >= 11 is 0. The van der Waals surface area contributed by atoms with Crippen LogP contribution >= 0.6 is 0 Å². The van der Waals surface area contributed by atoms with E-state index < -0.39 is 30.3 Å². The van der Waals surface area contributed by atoms with Crippen molar-refractivity contribution >= 4 is 36.4 Å². The minimum Gasteiger partial charge on any atom is -0.508 e. The Morgan fingerprint density at radius 3 is 0.909 bits per heavy atom. The minimum atomic E-state index is -1.52. The van der Waals surface area contributed by atoms with Crippen molar-refractivity contribution in [2.75, 3.05) is 94.5 Å². The monoisotopic (exact) mass is 1830 g/mol. The standard InChI is InChI=1S/C14H19FO3.C14H20O4.C13H17NO2.C13H18O3.C13H16O3.C12H16O2.C10H14O2.C10H12O2.C8H10O2/c2*1-3-18-12-9-7-11(8-10-12)5-4-6-13(15)14(16)17-2;1-2-16-13-8-6-11(7-9-13)4-3-5-12(15)10-14;2*1-3-16-12-9-7-11(8-10-12)5-4-6-13(14)15-2;1-2-14-12-8-6-11(7-9-12)5-3-4-10-13;2*1-2-12-10-5-3-9(4-6-10)7-8-11;9-6-5-7-1-3-8(10)4-2-7/h7-10,13H,3-6H2,1-2H3;7-10,13,15H,3-6H2,1-2H3;6-9,12,15H,2-5H2,1H3;7-10H,3-6H2,1-2H3;4,6-10H,3,5H2,1-2H3;6-10H,2-5H2,1H3;3-6,11H,2,7-8H2,1H3;3-6,8H,2,7H2,1H3;1-4,9-10H,5-6H2/b;;;;6-4+;;;;. The number of ether oxygens (including phenoxy) is 12. The van der Waals surface area contributed by atoms with E-state index in [0.29, 0.717) is 111 Å². The molecule has 9 aromatic rings. The van der Waals surface area contributed by atoms with E-state index in [1.54, 1.807) is 30.3 Å². The molecule has 0 saturated carbocycles. The number of hydrogen-bond acceptors (Lipinski definition) is 24. The van der Waals surface area contributed by atoms with E-state index in [1.165, 1.54) is 51.2 Å². The Bertz CT molecular complexity index is 4350. The van der Waals surface area contributed by atoms with Crippen LogP contribution in [0.15, 0.2) is 231 Å². The molecule has 24 nitrogen and oxygen atoms in total. The summed E-state index contributed by atoms with van der Waals surface area (Å²) in [7, 11) is 5.25. The summed E-state index contributed by atoms with van der Waals surface area (Å²) < 4.78 is 73.6. The number of aryl methyl sites for hydroxylation is 5. The number of hydrogen-bond donors (Lipinski definition) is 5. The van der Waals surface area contributed by atoms with Gasteiger partial charge in [0.1, 0.15) is 70.4 Å². The maximum absolute atomic E-state index is 13.2. The maximum atomic E-state index is 13.2. The number of allylic oxidation sites excluding steroid dienone is 1. The van der Waals surface area contributed by atoms with E-state index in [4.69, 9.17) is 63.6 Å². The molecule has 0 aliphatic heterocycles. The van der Waals surface area contributed by atoms with Crippen LogP contribution < -0.4 is 37.9 Å². The Hall–Kier alpha value is -12.6. The van der Waals surface area contributed by atoms with Gasteiger partial charge in [0.05, 0.1) is 87.4 Å². The number of aliphatic hydroxyl groups excluding tert-OH is 4. The quantitative estimate of drug-likeness (QED) is 0.00591. The average molecular weight is 1830 g/mol. The van der Waals surface area contributed by atoms with Crippen LogP contribution in [0.3, 0.4) is 0 Å². The van der Waals surface area contributed by atoms with Crippen molar-refractivity contribution in [3.8, 4) is 57.8 Å². The van der Waals surface area contributed by atoms with E-state index in [2.05, 4.69) is 31.1 Å². The SMILES string of the molecule is CCOc1ccc(C/C=C/C(=O)OC)cc1.CCOc1ccc(CC=O)cc1.CCOc1ccc(CCCC(=O)OC)cc1.CCOc1ccc(CCCC(F)C(=O)OC)cc1.CCOc1ccc(CCCC(O)C#N)cc1.CCOc1ccc(CCCC(O)C(=O)OC)cc1.CCOc1ccc(CCCC=O)cc1.CCOc1ccc(CCO)cc1.OCCc1ccc(O)cc1. The molecule has 0 radical (unpaired) electrons. The number of phenols is 1. The van der Waals surface area contributed by atoms with Crippen LogP contribution in [-0.2, 0) is 106 Å². The van der Waals surface area contributed by atoms with Crippen molar-refractivity contribution in [2.45, 2.75) is 196 Å². The highest BCUT2D eigenvalue weighted by Crippen LogP contribution is 2.22. The zero-order chi connectivity index (χ0) is 97.4. The van der Waals surface area contributed by atoms with Gasteiger partial charge in [-0.2, -0.15) is 5.26 Å². The third-order valence-corrected chi connectivity index (χ3v) is 18.5. The molecule has 25 heteroatoms. The van der Waals surface area contributed by atoms with Crippen LogP contribution in [0, 0.1) is 11.3 Å².